The first-order chi connectivity index (χ1) is 15.4. The lowest BCUT2D eigenvalue weighted by Crippen LogP contribution is -2.51. The highest BCUT2D eigenvalue weighted by atomic mass is 16.5. The first kappa shape index (κ1) is 25.0. The van der Waals surface area contributed by atoms with Gasteiger partial charge in [-0.05, 0) is 31.7 Å². The number of aromatic nitrogens is 5. The third kappa shape index (κ3) is 8.84. The lowest BCUT2D eigenvalue weighted by Gasteiger charge is -2.35. The topological polar surface area (TPSA) is 153 Å². The van der Waals surface area contributed by atoms with E-state index in [1.807, 2.05) is 0 Å². The molecule has 2 amide bonds. The van der Waals surface area contributed by atoms with Crippen molar-refractivity contribution in [3.8, 4) is 0 Å². The van der Waals surface area contributed by atoms with E-state index in [1.54, 1.807) is 47.3 Å². The Kier molecular flexibility index (Phi) is 10.3. The molecule has 3 atom stereocenters. The smallest absolute Gasteiger partial charge is 0.300 e. The number of nitrogens with zero attached hydrogens (tertiary/aromatic N) is 5. The van der Waals surface area contributed by atoms with Crippen molar-refractivity contribution in [3.63, 3.8) is 0 Å². The second-order valence-corrected chi connectivity index (χ2v) is 7.49. The summed E-state index contributed by atoms with van der Waals surface area (Å²) in [5.74, 6) is -1.07. The molecule has 32 heavy (non-hydrogen) atoms. The van der Waals surface area contributed by atoms with Crippen LogP contribution in [0.4, 0.5) is 0 Å². The van der Waals surface area contributed by atoms with Crippen LogP contribution in [-0.4, -0.2) is 73.5 Å². The summed E-state index contributed by atoms with van der Waals surface area (Å²) >= 11 is 0. The lowest BCUT2D eigenvalue weighted by molar-refractivity contribution is -0.134. The number of amides is 2. The number of aliphatic carboxylic acids is 1. The molecule has 2 heterocycles. The summed E-state index contributed by atoms with van der Waals surface area (Å²) < 4.78 is 8.83. The van der Waals surface area contributed by atoms with Gasteiger partial charge in [0, 0.05) is 51.6 Å². The summed E-state index contributed by atoms with van der Waals surface area (Å²) in [5, 5.41) is 25.1. The van der Waals surface area contributed by atoms with Gasteiger partial charge in [-0.3, -0.25) is 23.7 Å². The van der Waals surface area contributed by atoms with Gasteiger partial charge in [-0.2, -0.15) is 5.10 Å². The van der Waals surface area contributed by atoms with Crippen LogP contribution in [0.1, 0.15) is 32.6 Å². The molecule has 0 aromatic carbocycles. The predicted molar refractivity (Wildman–Crippen MR) is 113 cm³/mol. The minimum Gasteiger partial charge on any atom is -0.481 e. The highest BCUT2D eigenvalue weighted by Crippen LogP contribution is 2.26. The van der Waals surface area contributed by atoms with Crippen LogP contribution in [0.2, 0.25) is 0 Å². The molecule has 1 aliphatic rings. The molecule has 12 heteroatoms. The number of aryl methyl sites for hydroxylation is 1. The van der Waals surface area contributed by atoms with Crippen LogP contribution in [0, 0.1) is 5.92 Å². The number of carboxylic acid groups (broad SMARTS) is 1. The molecule has 0 aliphatic heterocycles. The zero-order chi connectivity index (χ0) is 23.3. The Morgan fingerprint density at radius 1 is 1.19 bits per heavy atom. The maximum absolute atomic E-state index is 12.5. The van der Waals surface area contributed by atoms with Gasteiger partial charge in [-0.15, -0.1) is 5.10 Å². The molecule has 0 radical (unpaired) electrons. The van der Waals surface area contributed by atoms with E-state index in [9.17, 15) is 9.59 Å². The lowest BCUT2D eigenvalue weighted by atomic mass is 9.83. The van der Waals surface area contributed by atoms with E-state index in [0.717, 1.165) is 26.2 Å². The molecular weight excluding hydrogens is 418 g/mol. The first-order valence-corrected chi connectivity index (χ1v) is 10.5. The monoisotopic (exact) mass is 449 g/mol. The fraction of sp³-hybridized carbons (Fsp3) is 0.600. The van der Waals surface area contributed by atoms with Crippen molar-refractivity contribution >= 4 is 17.8 Å². The van der Waals surface area contributed by atoms with E-state index in [1.165, 1.54) is 0 Å². The number of hydrogen-bond donors (Lipinski definition) is 3. The Morgan fingerprint density at radius 3 is 2.59 bits per heavy atom. The van der Waals surface area contributed by atoms with Crippen molar-refractivity contribution in [1.82, 2.24) is 35.4 Å². The highest BCUT2D eigenvalue weighted by molar-refractivity contribution is 5.79. The van der Waals surface area contributed by atoms with Gasteiger partial charge in [-0.25, -0.2) is 0 Å². The van der Waals surface area contributed by atoms with Crippen molar-refractivity contribution < 1.29 is 24.2 Å². The number of carbonyl (C=O) groups excluding carboxylic acids is 2. The fourth-order valence-corrected chi connectivity index (χ4v) is 3.56. The van der Waals surface area contributed by atoms with Gasteiger partial charge in [0.15, 0.2) is 0 Å². The van der Waals surface area contributed by atoms with Crippen LogP contribution in [0.5, 0.6) is 0 Å². The maximum Gasteiger partial charge on any atom is 0.300 e. The van der Waals surface area contributed by atoms with E-state index in [-0.39, 0.29) is 36.4 Å². The van der Waals surface area contributed by atoms with Gasteiger partial charge in [-0.1, -0.05) is 5.21 Å². The second-order valence-electron chi connectivity index (χ2n) is 7.49. The zero-order valence-corrected chi connectivity index (χ0v) is 18.4. The van der Waals surface area contributed by atoms with Crippen LogP contribution in [0.3, 0.4) is 0 Å². The van der Waals surface area contributed by atoms with Gasteiger partial charge in [0.2, 0.25) is 11.8 Å². The molecule has 3 rings (SSSR count). The summed E-state index contributed by atoms with van der Waals surface area (Å²) in [6, 6.07) is 1.59. The molecule has 0 bridgehead atoms. The Balaban J connectivity index is 0.000000837. The quantitative estimate of drug-likeness (QED) is 0.455. The van der Waals surface area contributed by atoms with Gasteiger partial charge >= 0.3 is 0 Å². The summed E-state index contributed by atoms with van der Waals surface area (Å²) in [6.45, 7) is 2.53. The fourth-order valence-electron chi connectivity index (χ4n) is 3.56. The second kappa shape index (κ2) is 13.2. The van der Waals surface area contributed by atoms with E-state index in [4.69, 9.17) is 14.6 Å². The van der Waals surface area contributed by atoms with Crippen molar-refractivity contribution in [2.75, 3.05) is 13.7 Å². The Bertz CT molecular complexity index is 822. The number of ether oxygens (including phenoxy) is 1. The molecule has 2 aromatic heterocycles. The Hall–Kier alpha value is -3.28. The number of rotatable bonds is 9. The van der Waals surface area contributed by atoms with Crippen molar-refractivity contribution in [2.45, 2.75) is 57.8 Å². The number of carbonyl (C=O) groups is 3. The molecule has 176 valence electrons. The van der Waals surface area contributed by atoms with E-state index >= 15 is 0 Å². The van der Waals surface area contributed by atoms with Crippen LogP contribution in [0.25, 0.3) is 0 Å². The van der Waals surface area contributed by atoms with Crippen LogP contribution < -0.4 is 10.6 Å². The van der Waals surface area contributed by atoms with Crippen molar-refractivity contribution in [2.24, 2.45) is 5.92 Å². The predicted octanol–water partition coefficient (Wildman–Crippen LogP) is 0.0719. The SMILES string of the molecule is CC(=O)O.CO[C@@H]1CC[C@H](C(=O)NCCCn2ccnn2)C[C@H]1NC(=O)Cn1cccn1. The summed E-state index contributed by atoms with van der Waals surface area (Å²) in [4.78, 5) is 33.8. The summed E-state index contributed by atoms with van der Waals surface area (Å²) in [5.41, 5.74) is 0. The van der Waals surface area contributed by atoms with Crippen LogP contribution in [-0.2, 0) is 32.2 Å². The average Bonchev–Trinajstić information content (AvgIpc) is 3.45. The van der Waals surface area contributed by atoms with E-state index in [2.05, 4.69) is 26.0 Å². The standard InChI is InChI=1S/C18H27N7O3.C2H4O2/c1-28-16-5-4-14(18(27)19-6-2-9-24-11-8-20-23-24)12-15(16)22-17(26)13-25-10-3-7-21-25;1-2(3)4/h3,7-8,10-11,14-16H,2,4-6,9,12-13H2,1H3,(H,19,27)(H,22,26);1H3,(H,3,4)/t14-,15+,16+;/m0./s1. The Labute approximate surface area is 186 Å². The van der Waals surface area contributed by atoms with Crippen LogP contribution in [0.15, 0.2) is 30.9 Å². The normalized spacial score (nSPS) is 20.0. The molecule has 0 saturated heterocycles. The molecule has 0 unspecified atom stereocenters. The van der Waals surface area contributed by atoms with Gasteiger partial charge in [0.25, 0.3) is 5.97 Å². The number of methoxy groups -OCH3 is 1. The van der Waals surface area contributed by atoms with Crippen LogP contribution >= 0.6 is 0 Å². The molecule has 1 saturated carbocycles. The molecule has 12 nitrogen and oxygen atoms in total. The Morgan fingerprint density at radius 2 is 1.97 bits per heavy atom. The van der Waals surface area contributed by atoms with Crippen molar-refractivity contribution in [3.05, 3.63) is 30.9 Å². The zero-order valence-electron chi connectivity index (χ0n) is 18.4. The van der Waals surface area contributed by atoms with Gasteiger partial charge < -0.3 is 20.5 Å². The maximum atomic E-state index is 12.5. The molecule has 3 N–H and O–H groups in total. The summed E-state index contributed by atoms with van der Waals surface area (Å²) in [6.07, 6.45) is 9.55. The molecule has 0 spiro atoms. The third-order valence-electron chi connectivity index (χ3n) is 5.01. The number of carboxylic acids is 1. The first-order valence-electron chi connectivity index (χ1n) is 10.5. The van der Waals surface area contributed by atoms with E-state index < -0.39 is 5.97 Å². The molecule has 2 aromatic rings. The van der Waals surface area contributed by atoms with Crippen molar-refractivity contribution in [1.29, 1.82) is 0 Å². The highest BCUT2D eigenvalue weighted by Gasteiger charge is 2.34. The average molecular weight is 450 g/mol. The summed E-state index contributed by atoms with van der Waals surface area (Å²) in [7, 11) is 1.64. The van der Waals surface area contributed by atoms with Gasteiger partial charge in [0.1, 0.15) is 6.54 Å². The minimum absolute atomic E-state index is 0.0273. The largest absolute Gasteiger partial charge is 0.481 e. The molecule has 1 aliphatic carbocycles. The van der Waals surface area contributed by atoms with Gasteiger partial charge in [0.05, 0.1) is 18.3 Å². The number of hydrogen-bond acceptors (Lipinski definition) is 7. The number of nitrogens with one attached hydrogen (secondary N) is 2. The minimum atomic E-state index is -0.833. The third-order valence-corrected chi connectivity index (χ3v) is 5.01. The van der Waals surface area contributed by atoms with E-state index in [0.29, 0.717) is 19.5 Å². The molecular formula is C20H31N7O5. The molecule has 1 fully saturated rings.